The molecular weight excluding hydrogens is 509 g/mol. The summed E-state index contributed by atoms with van der Waals surface area (Å²) in [4.78, 5) is 18.0. The Bertz CT molecular complexity index is 1100. The monoisotopic (exact) mass is 548 g/mol. The number of carbonyl (C=O) groups is 1. The summed E-state index contributed by atoms with van der Waals surface area (Å²) >= 11 is 0. The lowest BCUT2D eigenvalue weighted by Crippen LogP contribution is -2.57. The molecule has 0 aromatic heterocycles. The van der Waals surface area contributed by atoms with Crippen LogP contribution in [-0.4, -0.2) is 64.5 Å². The molecule has 4 rings (SSSR count). The van der Waals surface area contributed by atoms with Crippen LogP contribution in [0, 0.1) is 0 Å². The van der Waals surface area contributed by atoms with Crippen molar-refractivity contribution in [1.29, 1.82) is 0 Å². The van der Waals surface area contributed by atoms with Crippen molar-refractivity contribution >= 4 is 5.91 Å². The van der Waals surface area contributed by atoms with Gasteiger partial charge in [0.2, 0.25) is 5.91 Å². The first-order valence-corrected chi connectivity index (χ1v) is 13.7. The number of ether oxygens (including phenoxy) is 2. The van der Waals surface area contributed by atoms with Crippen molar-refractivity contribution in [2.75, 3.05) is 26.2 Å². The Kier molecular flexibility index (Phi) is 8.81. The topological polar surface area (TPSA) is 62.2 Å². The predicted molar refractivity (Wildman–Crippen MR) is 143 cm³/mol. The second-order valence-corrected chi connectivity index (χ2v) is 11.6. The van der Waals surface area contributed by atoms with Crippen LogP contribution in [0.1, 0.15) is 69.9 Å². The lowest BCUT2D eigenvalue weighted by atomic mass is 9.72. The third kappa shape index (κ3) is 7.45. The van der Waals surface area contributed by atoms with Gasteiger partial charge in [-0.3, -0.25) is 9.69 Å². The molecule has 1 saturated heterocycles. The minimum Gasteiger partial charge on any atom is -0.485 e. The molecule has 2 aliphatic rings. The highest BCUT2D eigenvalue weighted by atomic mass is 19.4. The van der Waals surface area contributed by atoms with Gasteiger partial charge in [-0.1, -0.05) is 55.7 Å². The second kappa shape index (κ2) is 11.8. The van der Waals surface area contributed by atoms with Gasteiger partial charge in [-0.15, -0.1) is 13.2 Å². The van der Waals surface area contributed by atoms with E-state index in [1.54, 1.807) is 11.0 Å². The highest BCUT2D eigenvalue weighted by Gasteiger charge is 2.46. The number of rotatable bonds is 7. The van der Waals surface area contributed by atoms with E-state index in [4.69, 9.17) is 4.74 Å². The normalized spacial score (nSPS) is 19.4. The molecule has 0 bridgehead atoms. The van der Waals surface area contributed by atoms with Crippen LogP contribution in [0.3, 0.4) is 0 Å². The maximum absolute atomic E-state index is 14.0. The van der Waals surface area contributed by atoms with E-state index >= 15 is 0 Å². The molecule has 1 aliphatic carbocycles. The smallest absolute Gasteiger partial charge is 0.485 e. The Balaban J connectivity index is 1.65. The first-order valence-electron chi connectivity index (χ1n) is 13.7. The molecule has 214 valence electrons. The molecule has 9 heteroatoms. The fraction of sp³-hybridized carbons (Fsp3) is 0.567. The minimum atomic E-state index is -4.95. The molecule has 1 unspecified atom stereocenters. The maximum Gasteiger partial charge on any atom is 0.573 e. The fourth-order valence-electron chi connectivity index (χ4n) is 5.68. The summed E-state index contributed by atoms with van der Waals surface area (Å²) in [6.07, 6.45) is -1.68. The molecule has 1 amide bonds. The number of aliphatic hydroxyl groups is 1. The lowest BCUT2D eigenvalue weighted by molar-refractivity contribution is -0.275. The van der Waals surface area contributed by atoms with Gasteiger partial charge in [0.05, 0.1) is 11.5 Å². The van der Waals surface area contributed by atoms with Crippen LogP contribution in [0.2, 0.25) is 0 Å². The third-order valence-corrected chi connectivity index (χ3v) is 7.81. The summed E-state index contributed by atoms with van der Waals surface area (Å²) in [5.41, 5.74) is -0.291. The van der Waals surface area contributed by atoms with Crippen molar-refractivity contribution in [2.45, 2.75) is 82.9 Å². The summed E-state index contributed by atoms with van der Waals surface area (Å²) in [6, 6.07) is 13.3. The van der Waals surface area contributed by atoms with Crippen molar-refractivity contribution < 1.29 is 32.5 Å². The molecule has 2 fully saturated rings. The van der Waals surface area contributed by atoms with Crippen LogP contribution in [0.5, 0.6) is 11.5 Å². The lowest BCUT2D eigenvalue weighted by Gasteiger charge is -2.45. The molecule has 2 aromatic carbocycles. The van der Waals surface area contributed by atoms with E-state index in [0.717, 1.165) is 24.8 Å². The highest BCUT2D eigenvalue weighted by Crippen LogP contribution is 2.44. The largest absolute Gasteiger partial charge is 0.573 e. The number of benzene rings is 2. The number of alkyl halides is 3. The van der Waals surface area contributed by atoms with Crippen molar-refractivity contribution in [1.82, 2.24) is 9.80 Å². The van der Waals surface area contributed by atoms with Crippen LogP contribution < -0.4 is 9.47 Å². The zero-order chi connectivity index (χ0) is 28.3. The first kappa shape index (κ1) is 29.2. The van der Waals surface area contributed by atoms with Crippen LogP contribution >= 0.6 is 0 Å². The molecule has 1 aliphatic heterocycles. The number of carbonyl (C=O) groups excluding carboxylic acids is 1. The number of nitrogens with zero attached hydrogens (tertiary/aromatic N) is 2. The second-order valence-electron chi connectivity index (χ2n) is 11.6. The summed E-state index contributed by atoms with van der Waals surface area (Å²) in [5, 5.41) is 11.8. The number of hydrogen-bond donors (Lipinski definition) is 1. The molecule has 6 nitrogen and oxygen atoms in total. The Hall–Kier alpha value is -2.78. The van der Waals surface area contributed by atoms with Crippen molar-refractivity contribution in [3.05, 3.63) is 59.7 Å². The Labute approximate surface area is 228 Å². The molecule has 1 saturated carbocycles. The summed E-state index contributed by atoms with van der Waals surface area (Å²) < 4.78 is 50.3. The number of hydrogen-bond acceptors (Lipinski definition) is 5. The Morgan fingerprint density at radius 2 is 1.59 bits per heavy atom. The number of piperazine rings is 1. The Morgan fingerprint density at radius 1 is 0.949 bits per heavy atom. The van der Waals surface area contributed by atoms with E-state index in [2.05, 4.69) is 30.4 Å². The number of halogens is 3. The molecule has 0 spiro atoms. The summed E-state index contributed by atoms with van der Waals surface area (Å²) in [5.74, 6) is -1.87. The molecule has 1 N–H and O–H groups in total. The summed E-state index contributed by atoms with van der Waals surface area (Å²) in [7, 11) is 0. The van der Waals surface area contributed by atoms with Gasteiger partial charge in [-0.05, 0) is 56.9 Å². The highest BCUT2D eigenvalue weighted by molar-refractivity contribution is 5.85. The van der Waals surface area contributed by atoms with Crippen LogP contribution in [-0.2, 0) is 11.4 Å². The van der Waals surface area contributed by atoms with Gasteiger partial charge in [0.25, 0.3) is 0 Å². The van der Waals surface area contributed by atoms with E-state index in [1.807, 2.05) is 30.3 Å². The van der Waals surface area contributed by atoms with Crippen molar-refractivity contribution in [3.63, 3.8) is 0 Å². The van der Waals surface area contributed by atoms with Crippen LogP contribution in [0.4, 0.5) is 13.2 Å². The zero-order valence-electron chi connectivity index (χ0n) is 23.0. The first-order chi connectivity index (χ1) is 18.4. The third-order valence-electron chi connectivity index (χ3n) is 7.81. The van der Waals surface area contributed by atoms with Gasteiger partial charge < -0.3 is 19.5 Å². The SMILES string of the molecule is CC(C)(C)N1CCN(C(=O)C(c2ccc(OCc3ccccc3)c(OC(F)(F)F)c2)C2(O)CCCCC2)CC1. The summed E-state index contributed by atoms with van der Waals surface area (Å²) in [6.45, 7) is 8.80. The van der Waals surface area contributed by atoms with Gasteiger partial charge in [0.1, 0.15) is 6.61 Å². The molecule has 1 atom stereocenters. The molecule has 0 radical (unpaired) electrons. The predicted octanol–water partition coefficient (Wildman–Crippen LogP) is 5.89. The van der Waals surface area contributed by atoms with Crippen LogP contribution in [0.15, 0.2) is 48.5 Å². The fourth-order valence-corrected chi connectivity index (χ4v) is 5.68. The van der Waals surface area contributed by atoms with Gasteiger partial charge in [-0.25, -0.2) is 0 Å². The average Bonchev–Trinajstić information content (AvgIpc) is 2.88. The van der Waals surface area contributed by atoms with E-state index in [1.165, 1.54) is 12.1 Å². The van der Waals surface area contributed by atoms with Crippen molar-refractivity contribution in [2.24, 2.45) is 0 Å². The standard InChI is InChI=1S/C30H39F3N2O4/c1-28(2,3)35-18-16-34(17-19-35)27(36)26(29(37)14-8-5-9-15-29)23-12-13-24(25(20-23)39-30(31,32)33)38-21-22-10-6-4-7-11-22/h4,6-7,10-13,20,26,37H,5,8-9,14-19,21H2,1-3H3. The van der Waals surface area contributed by atoms with Crippen LogP contribution in [0.25, 0.3) is 0 Å². The van der Waals surface area contributed by atoms with Gasteiger partial charge in [0.15, 0.2) is 11.5 Å². The molecule has 2 aromatic rings. The molecule has 1 heterocycles. The van der Waals surface area contributed by atoms with E-state index < -0.39 is 23.6 Å². The number of amides is 1. The molecular formula is C30H39F3N2O4. The van der Waals surface area contributed by atoms with Crippen molar-refractivity contribution in [3.8, 4) is 11.5 Å². The quantitative estimate of drug-likeness (QED) is 0.468. The van der Waals surface area contributed by atoms with Gasteiger partial charge in [0, 0.05) is 31.7 Å². The maximum atomic E-state index is 14.0. The average molecular weight is 549 g/mol. The molecule has 39 heavy (non-hydrogen) atoms. The minimum absolute atomic E-state index is 0.0322. The van der Waals surface area contributed by atoms with E-state index in [0.29, 0.717) is 44.6 Å². The van der Waals surface area contributed by atoms with E-state index in [9.17, 15) is 23.1 Å². The zero-order valence-corrected chi connectivity index (χ0v) is 23.0. The van der Waals surface area contributed by atoms with Gasteiger partial charge >= 0.3 is 6.36 Å². The van der Waals surface area contributed by atoms with E-state index in [-0.39, 0.29) is 23.8 Å². The Morgan fingerprint density at radius 3 is 2.18 bits per heavy atom. The van der Waals surface area contributed by atoms with Gasteiger partial charge in [-0.2, -0.15) is 0 Å².